The van der Waals surface area contributed by atoms with E-state index in [0.717, 1.165) is 6.42 Å². The zero-order chi connectivity index (χ0) is 16.8. The van der Waals surface area contributed by atoms with Crippen molar-refractivity contribution >= 4 is 12.0 Å². The van der Waals surface area contributed by atoms with Gasteiger partial charge in [-0.25, -0.2) is 4.79 Å². The van der Waals surface area contributed by atoms with Crippen molar-refractivity contribution in [3.8, 4) is 0 Å². The zero-order valence-corrected chi connectivity index (χ0v) is 14.1. The van der Waals surface area contributed by atoms with E-state index < -0.39 is 6.09 Å². The molecule has 1 saturated heterocycles. The first kappa shape index (κ1) is 17.3. The van der Waals surface area contributed by atoms with E-state index >= 15 is 0 Å². The van der Waals surface area contributed by atoms with Gasteiger partial charge in [0.2, 0.25) is 5.91 Å². The Bertz CT molecular complexity index is 532. The highest BCUT2D eigenvalue weighted by Crippen LogP contribution is 2.37. The molecule has 0 aromatic heterocycles. The third-order valence-electron chi connectivity index (χ3n) is 4.63. The molecule has 2 rings (SSSR count). The SMILES string of the molecule is COC(=O)NCCCC(=O)N1[C@H](C)C[C@@H](c2ccccc2)[C@@H]1C. The lowest BCUT2D eigenvalue weighted by Crippen LogP contribution is -2.39. The van der Waals surface area contributed by atoms with Gasteiger partial charge in [0.25, 0.3) is 0 Å². The number of hydrogen-bond donors (Lipinski definition) is 1. The van der Waals surface area contributed by atoms with Crippen molar-refractivity contribution in [2.75, 3.05) is 13.7 Å². The Morgan fingerprint density at radius 2 is 1.96 bits per heavy atom. The molecule has 5 nitrogen and oxygen atoms in total. The molecule has 0 bridgehead atoms. The first-order chi connectivity index (χ1) is 11.0. The maximum absolute atomic E-state index is 12.5. The van der Waals surface area contributed by atoms with E-state index in [4.69, 9.17) is 0 Å². The molecule has 1 aromatic carbocycles. The molecule has 5 heteroatoms. The Hall–Kier alpha value is -2.04. The molecule has 23 heavy (non-hydrogen) atoms. The monoisotopic (exact) mass is 318 g/mol. The van der Waals surface area contributed by atoms with Crippen LogP contribution in [0, 0.1) is 0 Å². The number of carbonyl (C=O) groups is 2. The number of nitrogens with zero attached hydrogens (tertiary/aromatic N) is 1. The summed E-state index contributed by atoms with van der Waals surface area (Å²) in [5.74, 6) is 0.554. The number of rotatable bonds is 5. The number of methoxy groups -OCH3 is 1. The Kier molecular flexibility index (Phi) is 6.02. The summed E-state index contributed by atoms with van der Waals surface area (Å²) in [6.45, 7) is 4.70. The predicted molar refractivity (Wildman–Crippen MR) is 89.2 cm³/mol. The van der Waals surface area contributed by atoms with Gasteiger partial charge in [0.1, 0.15) is 0 Å². The van der Waals surface area contributed by atoms with Crippen molar-refractivity contribution < 1.29 is 14.3 Å². The highest BCUT2D eigenvalue weighted by molar-refractivity contribution is 5.77. The van der Waals surface area contributed by atoms with E-state index in [-0.39, 0.29) is 18.0 Å². The molecule has 0 aliphatic carbocycles. The van der Waals surface area contributed by atoms with Gasteiger partial charge in [-0.05, 0) is 32.3 Å². The fourth-order valence-electron chi connectivity index (χ4n) is 3.49. The van der Waals surface area contributed by atoms with Gasteiger partial charge in [0.05, 0.1) is 7.11 Å². The second kappa shape index (κ2) is 7.99. The first-order valence-electron chi connectivity index (χ1n) is 8.22. The molecule has 0 radical (unpaired) electrons. The van der Waals surface area contributed by atoms with Crippen LogP contribution in [0.15, 0.2) is 30.3 Å². The first-order valence-corrected chi connectivity index (χ1v) is 8.22. The maximum Gasteiger partial charge on any atom is 0.406 e. The van der Waals surface area contributed by atoms with Crippen LogP contribution in [0.4, 0.5) is 4.79 Å². The summed E-state index contributed by atoms with van der Waals surface area (Å²) in [6.07, 6.45) is 1.61. The van der Waals surface area contributed by atoms with Gasteiger partial charge in [0, 0.05) is 31.0 Å². The topological polar surface area (TPSA) is 58.6 Å². The maximum atomic E-state index is 12.5. The van der Waals surface area contributed by atoms with E-state index in [2.05, 4.69) is 48.2 Å². The average molecular weight is 318 g/mol. The van der Waals surface area contributed by atoms with Gasteiger partial charge in [-0.15, -0.1) is 0 Å². The minimum Gasteiger partial charge on any atom is -0.453 e. The van der Waals surface area contributed by atoms with E-state index in [1.54, 1.807) is 0 Å². The van der Waals surface area contributed by atoms with E-state index in [0.29, 0.717) is 25.3 Å². The summed E-state index contributed by atoms with van der Waals surface area (Å²) < 4.78 is 4.51. The van der Waals surface area contributed by atoms with Gasteiger partial charge >= 0.3 is 6.09 Å². The van der Waals surface area contributed by atoms with Crippen molar-refractivity contribution in [1.29, 1.82) is 0 Å². The molecule has 126 valence electrons. The normalized spacial score (nSPS) is 23.6. The predicted octanol–water partition coefficient (Wildman–Crippen LogP) is 2.92. The minimum atomic E-state index is -0.454. The second-order valence-electron chi connectivity index (χ2n) is 6.17. The molecule has 1 aromatic rings. The van der Waals surface area contributed by atoms with E-state index in [1.807, 2.05) is 11.0 Å². The van der Waals surface area contributed by atoms with Gasteiger partial charge in [-0.2, -0.15) is 0 Å². The molecule has 0 saturated carbocycles. The number of alkyl carbamates (subject to hydrolysis) is 1. The fraction of sp³-hybridized carbons (Fsp3) is 0.556. The molecule has 2 amide bonds. The zero-order valence-electron chi connectivity index (χ0n) is 14.1. The van der Waals surface area contributed by atoms with Crippen LogP contribution in [0.1, 0.15) is 44.6 Å². The van der Waals surface area contributed by atoms with Crippen LogP contribution in [0.5, 0.6) is 0 Å². The van der Waals surface area contributed by atoms with Crippen LogP contribution in [-0.2, 0) is 9.53 Å². The van der Waals surface area contributed by atoms with Crippen LogP contribution < -0.4 is 5.32 Å². The quantitative estimate of drug-likeness (QED) is 0.849. The number of likely N-dealkylation sites (tertiary alicyclic amines) is 1. The number of nitrogens with one attached hydrogen (secondary N) is 1. The molecular formula is C18H26N2O3. The highest BCUT2D eigenvalue weighted by Gasteiger charge is 2.39. The minimum absolute atomic E-state index is 0.162. The molecule has 1 aliphatic heterocycles. The molecule has 1 aliphatic rings. The van der Waals surface area contributed by atoms with E-state index in [9.17, 15) is 9.59 Å². The number of carbonyl (C=O) groups excluding carboxylic acids is 2. The van der Waals surface area contributed by atoms with Gasteiger partial charge in [-0.1, -0.05) is 30.3 Å². The lowest BCUT2D eigenvalue weighted by molar-refractivity contribution is -0.133. The van der Waals surface area contributed by atoms with Crippen LogP contribution in [0.3, 0.4) is 0 Å². The smallest absolute Gasteiger partial charge is 0.406 e. The van der Waals surface area contributed by atoms with Crippen molar-refractivity contribution in [3.05, 3.63) is 35.9 Å². The van der Waals surface area contributed by atoms with Crippen molar-refractivity contribution in [3.63, 3.8) is 0 Å². The van der Waals surface area contributed by atoms with Crippen LogP contribution in [0.25, 0.3) is 0 Å². The Labute approximate surface area is 138 Å². The Morgan fingerprint density at radius 3 is 2.61 bits per heavy atom. The third-order valence-corrected chi connectivity index (χ3v) is 4.63. The summed E-state index contributed by atoms with van der Waals surface area (Å²) in [5, 5.41) is 2.60. The van der Waals surface area contributed by atoms with Crippen LogP contribution >= 0.6 is 0 Å². The fourth-order valence-corrected chi connectivity index (χ4v) is 3.49. The van der Waals surface area contributed by atoms with Gasteiger partial charge in [-0.3, -0.25) is 4.79 Å². The van der Waals surface area contributed by atoms with Crippen LogP contribution in [0.2, 0.25) is 0 Å². The summed E-state index contributed by atoms with van der Waals surface area (Å²) in [7, 11) is 1.33. The molecule has 1 fully saturated rings. The lowest BCUT2D eigenvalue weighted by atomic mass is 9.92. The van der Waals surface area contributed by atoms with Crippen LogP contribution in [-0.4, -0.2) is 42.6 Å². The van der Waals surface area contributed by atoms with E-state index in [1.165, 1.54) is 12.7 Å². The van der Waals surface area contributed by atoms with Gasteiger partial charge < -0.3 is 15.0 Å². The molecule has 0 unspecified atom stereocenters. The summed E-state index contributed by atoms with van der Waals surface area (Å²) >= 11 is 0. The summed E-state index contributed by atoms with van der Waals surface area (Å²) in [6, 6.07) is 10.9. The van der Waals surface area contributed by atoms with Crippen molar-refractivity contribution in [2.24, 2.45) is 0 Å². The second-order valence-corrected chi connectivity index (χ2v) is 6.17. The largest absolute Gasteiger partial charge is 0.453 e. The Morgan fingerprint density at radius 1 is 1.26 bits per heavy atom. The van der Waals surface area contributed by atoms with Gasteiger partial charge in [0.15, 0.2) is 0 Å². The highest BCUT2D eigenvalue weighted by atomic mass is 16.5. The van der Waals surface area contributed by atoms with Crippen molar-refractivity contribution in [1.82, 2.24) is 10.2 Å². The Balaban J connectivity index is 1.89. The average Bonchev–Trinajstić information content (AvgIpc) is 2.86. The summed E-state index contributed by atoms with van der Waals surface area (Å²) in [4.78, 5) is 25.5. The third kappa shape index (κ3) is 4.24. The lowest BCUT2D eigenvalue weighted by Gasteiger charge is -2.28. The molecule has 1 heterocycles. The molecule has 0 spiro atoms. The standard InChI is InChI=1S/C18H26N2O3/c1-13-12-16(15-8-5-4-6-9-15)14(2)20(13)17(21)10-7-11-19-18(22)23-3/h4-6,8-9,13-14,16H,7,10-12H2,1-3H3,(H,19,22)/t13-,14+,16-/m1/s1. The van der Waals surface area contributed by atoms with Crippen molar-refractivity contribution in [2.45, 2.75) is 51.1 Å². The molecule has 3 atom stereocenters. The summed E-state index contributed by atoms with van der Waals surface area (Å²) in [5.41, 5.74) is 1.30. The molecular weight excluding hydrogens is 292 g/mol. The number of hydrogen-bond acceptors (Lipinski definition) is 3. The number of benzene rings is 1. The molecule has 1 N–H and O–H groups in total. The number of amides is 2. The number of ether oxygens (including phenoxy) is 1.